The smallest absolute Gasteiger partial charge is 0.118 e. The van der Waals surface area contributed by atoms with Gasteiger partial charge in [-0.25, -0.2) is 4.98 Å². The highest BCUT2D eigenvalue weighted by molar-refractivity contribution is 7.00. The third-order valence-corrected chi connectivity index (χ3v) is 5.55. The number of hydrogen-bond acceptors (Lipinski definition) is 6. The molecule has 5 aromatic rings. The lowest BCUT2D eigenvalue weighted by Crippen LogP contribution is -2.22. The highest BCUT2D eigenvalue weighted by Gasteiger charge is 2.12. The van der Waals surface area contributed by atoms with E-state index >= 15 is 0 Å². The van der Waals surface area contributed by atoms with Crippen LogP contribution in [0.15, 0.2) is 67.0 Å². The molecule has 7 heteroatoms. The summed E-state index contributed by atoms with van der Waals surface area (Å²) in [5.74, 6) is 0.862. The number of ether oxygens (including phenoxy) is 1. The van der Waals surface area contributed by atoms with Gasteiger partial charge in [0.05, 0.1) is 36.2 Å². The van der Waals surface area contributed by atoms with Crippen molar-refractivity contribution in [3.63, 3.8) is 0 Å². The fourth-order valence-corrected chi connectivity index (χ4v) is 3.97. The first-order valence-electron chi connectivity index (χ1n) is 9.31. The SMILES string of the molecule is COc1ccc(CN(Cc2ccc3nsnc3c2)c2ccc3nc[nH]c3c2)cc1. The van der Waals surface area contributed by atoms with Crippen molar-refractivity contribution in [3.05, 3.63) is 78.1 Å². The minimum absolute atomic E-state index is 0.763. The number of aromatic amines is 1. The van der Waals surface area contributed by atoms with Crippen molar-refractivity contribution in [3.8, 4) is 5.75 Å². The Hall–Kier alpha value is -3.45. The molecule has 0 bridgehead atoms. The van der Waals surface area contributed by atoms with Gasteiger partial charge in [-0.15, -0.1) is 0 Å². The van der Waals surface area contributed by atoms with Gasteiger partial charge < -0.3 is 14.6 Å². The van der Waals surface area contributed by atoms with Crippen LogP contribution >= 0.6 is 11.7 Å². The molecule has 144 valence electrons. The molecule has 2 heterocycles. The molecule has 0 spiro atoms. The minimum atomic E-state index is 0.763. The van der Waals surface area contributed by atoms with Crippen molar-refractivity contribution in [1.29, 1.82) is 0 Å². The molecule has 3 aromatic carbocycles. The number of imidazole rings is 1. The van der Waals surface area contributed by atoms with Crippen LogP contribution in [0.3, 0.4) is 0 Å². The average molecular weight is 401 g/mol. The van der Waals surface area contributed by atoms with Crippen LogP contribution in [0.5, 0.6) is 5.75 Å². The van der Waals surface area contributed by atoms with Gasteiger partial charge in [0.15, 0.2) is 0 Å². The molecule has 0 saturated carbocycles. The standard InChI is InChI=1S/C22H19N5OS/c1-28-18-6-2-15(3-7-18)12-27(17-5-9-19-21(11-17)24-14-23-19)13-16-4-8-20-22(10-16)26-29-25-20/h2-11,14H,12-13H2,1H3,(H,23,24). The third kappa shape index (κ3) is 3.64. The predicted octanol–water partition coefficient (Wildman–Crippen LogP) is 4.78. The second kappa shape index (κ2) is 7.52. The number of anilines is 1. The summed E-state index contributed by atoms with van der Waals surface area (Å²) in [6.45, 7) is 1.54. The van der Waals surface area contributed by atoms with Crippen molar-refractivity contribution in [1.82, 2.24) is 18.7 Å². The number of nitrogens with one attached hydrogen (secondary N) is 1. The van der Waals surface area contributed by atoms with E-state index in [4.69, 9.17) is 4.74 Å². The highest BCUT2D eigenvalue weighted by atomic mass is 32.1. The Morgan fingerprint density at radius 2 is 1.62 bits per heavy atom. The van der Waals surface area contributed by atoms with Crippen molar-refractivity contribution in [2.24, 2.45) is 0 Å². The topological polar surface area (TPSA) is 66.9 Å². The van der Waals surface area contributed by atoms with Gasteiger partial charge in [0.25, 0.3) is 0 Å². The Bertz CT molecular complexity index is 1260. The second-order valence-electron chi connectivity index (χ2n) is 6.90. The normalized spacial score (nSPS) is 11.2. The van der Waals surface area contributed by atoms with Gasteiger partial charge in [-0.3, -0.25) is 0 Å². The molecule has 2 aromatic heterocycles. The molecule has 0 fully saturated rings. The first kappa shape index (κ1) is 17.6. The molecular weight excluding hydrogens is 382 g/mol. The van der Waals surface area contributed by atoms with Crippen LogP contribution < -0.4 is 9.64 Å². The second-order valence-corrected chi connectivity index (χ2v) is 7.42. The average Bonchev–Trinajstić information content (AvgIpc) is 3.42. The van der Waals surface area contributed by atoms with Crippen molar-refractivity contribution < 1.29 is 4.74 Å². The number of hydrogen-bond donors (Lipinski definition) is 1. The van der Waals surface area contributed by atoms with Gasteiger partial charge >= 0.3 is 0 Å². The summed E-state index contributed by atoms with van der Waals surface area (Å²) >= 11 is 1.25. The summed E-state index contributed by atoms with van der Waals surface area (Å²) < 4.78 is 14.0. The van der Waals surface area contributed by atoms with Gasteiger partial charge in [-0.1, -0.05) is 18.2 Å². The molecule has 0 aliphatic heterocycles. The molecule has 1 N–H and O–H groups in total. The molecule has 0 unspecified atom stereocenters. The van der Waals surface area contributed by atoms with Crippen molar-refractivity contribution in [2.45, 2.75) is 13.1 Å². The zero-order valence-corrected chi connectivity index (χ0v) is 16.7. The van der Waals surface area contributed by atoms with Crippen LogP contribution in [0.25, 0.3) is 22.1 Å². The lowest BCUT2D eigenvalue weighted by atomic mass is 10.1. The van der Waals surface area contributed by atoms with Crippen LogP contribution in [0.1, 0.15) is 11.1 Å². The van der Waals surface area contributed by atoms with Gasteiger partial charge in [0, 0.05) is 18.8 Å². The Morgan fingerprint density at radius 1 is 0.862 bits per heavy atom. The molecule has 0 aliphatic carbocycles. The first-order valence-corrected chi connectivity index (χ1v) is 10.0. The fraction of sp³-hybridized carbons (Fsp3) is 0.136. The molecule has 6 nitrogen and oxygen atoms in total. The molecule has 29 heavy (non-hydrogen) atoms. The van der Waals surface area contributed by atoms with Crippen LogP contribution in [0, 0.1) is 0 Å². The Labute approximate surface area is 172 Å². The molecule has 0 saturated heterocycles. The number of H-pyrrole nitrogens is 1. The monoisotopic (exact) mass is 401 g/mol. The lowest BCUT2D eigenvalue weighted by molar-refractivity contribution is 0.414. The molecular formula is C22H19N5OS. The summed E-state index contributed by atoms with van der Waals surface area (Å²) in [6, 6.07) is 20.8. The highest BCUT2D eigenvalue weighted by Crippen LogP contribution is 2.25. The number of rotatable bonds is 6. The van der Waals surface area contributed by atoms with Crippen LogP contribution in [0.2, 0.25) is 0 Å². The summed E-state index contributed by atoms with van der Waals surface area (Å²) in [5, 5.41) is 0. The number of nitrogens with zero attached hydrogens (tertiary/aromatic N) is 4. The van der Waals surface area contributed by atoms with Crippen LogP contribution in [0.4, 0.5) is 5.69 Å². The summed E-state index contributed by atoms with van der Waals surface area (Å²) in [7, 11) is 1.68. The van der Waals surface area contributed by atoms with Crippen LogP contribution in [-0.4, -0.2) is 25.8 Å². The summed E-state index contributed by atoms with van der Waals surface area (Å²) in [5.41, 5.74) is 7.43. The Balaban J connectivity index is 1.49. The third-order valence-electron chi connectivity index (χ3n) is 4.99. The van der Waals surface area contributed by atoms with E-state index in [0.29, 0.717) is 0 Å². The number of methoxy groups -OCH3 is 1. The maximum Gasteiger partial charge on any atom is 0.118 e. The maximum atomic E-state index is 5.29. The van der Waals surface area contributed by atoms with E-state index in [2.05, 4.69) is 66.1 Å². The molecule has 5 rings (SSSR count). The number of benzene rings is 3. The number of fused-ring (bicyclic) bond motifs is 2. The molecule has 0 aliphatic rings. The van der Waals surface area contributed by atoms with Crippen molar-refractivity contribution >= 4 is 39.5 Å². The predicted molar refractivity (Wildman–Crippen MR) is 116 cm³/mol. The summed E-state index contributed by atoms with van der Waals surface area (Å²) in [6.07, 6.45) is 1.73. The van der Waals surface area contributed by atoms with Gasteiger partial charge in [0.1, 0.15) is 16.8 Å². The lowest BCUT2D eigenvalue weighted by Gasteiger charge is -2.25. The quantitative estimate of drug-likeness (QED) is 0.443. The van der Waals surface area contributed by atoms with Gasteiger partial charge in [0.2, 0.25) is 0 Å². The van der Waals surface area contributed by atoms with E-state index in [0.717, 1.165) is 46.6 Å². The first-order chi connectivity index (χ1) is 14.3. The van der Waals surface area contributed by atoms with E-state index in [1.54, 1.807) is 13.4 Å². The molecule has 0 radical (unpaired) electrons. The van der Waals surface area contributed by atoms with E-state index in [-0.39, 0.29) is 0 Å². The Kier molecular flexibility index (Phi) is 4.57. The maximum absolute atomic E-state index is 5.29. The van der Waals surface area contributed by atoms with Gasteiger partial charge in [-0.2, -0.15) is 8.75 Å². The van der Waals surface area contributed by atoms with E-state index in [1.165, 1.54) is 22.9 Å². The van der Waals surface area contributed by atoms with E-state index < -0.39 is 0 Å². The van der Waals surface area contributed by atoms with E-state index in [9.17, 15) is 0 Å². The van der Waals surface area contributed by atoms with Crippen LogP contribution in [-0.2, 0) is 13.1 Å². The largest absolute Gasteiger partial charge is 0.497 e. The molecule has 0 amide bonds. The zero-order chi connectivity index (χ0) is 19.6. The van der Waals surface area contributed by atoms with Gasteiger partial charge in [-0.05, 0) is 53.6 Å². The summed E-state index contributed by atoms with van der Waals surface area (Å²) in [4.78, 5) is 9.89. The Morgan fingerprint density at radius 3 is 2.48 bits per heavy atom. The fourth-order valence-electron chi connectivity index (χ4n) is 3.46. The van der Waals surface area contributed by atoms with E-state index in [1.807, 2.05) is 18.2 Å². The zero-order valence-electron chi connectivity index (χ0n) is 15.9. The minimum Gasteiger partial charge on any atom is -0.497 e. The molecule has 0 atom stereocenters. The van der Waals surface area contributed by atoms with Crippen molar-refractivity contribution in [2.75, 3.05) is 12.0 Å². The number of aromatic nitrogens is 4.